The van der Waals surface area contributed by atoms with E-state index in [0.29, 0.717) is 11.3 Å². The first-order valence-electron chi connectivity index (χ1n) is 7.65. The summed E-state index contributed by atoms with van der Waals surface area (Å²) in [6.07, 6.45) is 6.30. The lowest BCUT2D eigenvalue weighted by Gasteiger charge is -2.27. The van der Waals surface area contributed by atoms with Crippen molar-refractivity contribution in [2.75, 3.05) is 6.54 Å². The van der Waals surface area contributed by atoms with Crippen LogP contribution in [0.1, 0.15) is 65.5 Å². The molecule has 0 radical (unpaired) electrons. The third kappa shape index (κ3) is 6.47. The van der Waals surface area contributed by atoms with E-state index in [4.69, 9.17) is 0 Å². The van der Waals surface area contributed by atoms with Gasteiger partial charge >= 0.3 is 0 Å². The van der Waals surface area contributed by atoms with Gasteiger partial charge in [-0.3, -0.25) is 4.98 Å². The van der Waals surface area contributed by atoms with Gasteiger partial charge in [0, 0.05) is 12.2 Å². The van der Waals surface area contributed by atoms with Gasteiger partial charge in [0.25, 0.3) is 0 Å². The molecule has 0 fully saturated rings. The molecule has 0 aliphatic rings. The molecule has 0 bridgehead atoms. The second-order valence-electron chi connectivity index (χ2n) is 7.05. The van der Waals surface area contributed by atoms with E-state index in [9.17, 15) is 4.39 Å². The zero-order valence-corrected chi connectivity index (χ0v) is 13.5. The van der Waals surface area contributed by atoms with Crippen LogP contribution in [-0.2, 0) is 0 Å². The van der Waals surface area contributed by atoms with Gasteiger partial charge in [-0.1, -0.05) is 34.6 Å². The first-order valence-corrected chi connectivity index (χ1v) is 7.65. The maximum Gasteiger partial charge on any atom is 0.141 e. The minimum Gasteiger partial charge on any atom is -0.310 e. The molecule has 3 heteroatoms. The SMILES string of the molecule is CCCNC(CC(C)CC(C)(C)C)c1cncc(F)c1. The number of halogens is 1. The number of rotatable bonds is 7. The zero-order chi connectivity index (χ0) is 15.2. The molecule has 1 aromatic rings. The van der Waals surface area contributed by atoms with Crippen molar-refractivity contribution in [1.82, 2.24) is 10.3 Å². The predicted octanol–water partition coefficient (Wildman–Crippen LogP) is 4.72. The lowest BCUT2D eigenvalue weighted by molar-refractivity contribution is 0.275. The lowest BCUT2D eigenvalue weighted by atomic mass is 9.82. The molecule has 1 aromatic heterocycles. The van der Waals surface area contributed by atoms with E-state index < -0.39 is 0 Å². The third-order valence-electron chi connectivity index (χ3n) is 3.37. The molecule has 0 amide bonds. The third-order valence-corrected chi connectivity index (χ3v) is 3.37. The summed E-state index contributed by atoms with van der Waals surface area (Å²) >= 11 is 0. The number of hydrogen-bond acceptors (Lipinski definition) is 2. The fourth-order valence-electron chi connectivity index (χ4n) is 2.81. The normalized spacial score (nSPS) is 15.1. The molecule has 114 valence electrons. The summed E-state index contributed by atoms with van der Waals surface area (Å²) in [4.78, 5) is 3.98. The zero-order valence-electron chi connectivity index (χ0n) is 13.5. The molecule has 0 saturated heterocycles. The molecule has 0 aliphatic carbocycles. The smallest absolute Gasteiger partial charge is 0.141 e. The molecule has 2 atom stereocenters. The number of nitrogens with zero attached hydrogens (tertiary/aromatic N) is 1. The van der Waals surface area contributed by atoms with Gasteiger partial charge in [0.15, 0.2) is 0 Å². The largest absolute Gasteiger partial charge is 0.310 e. The monoisotopic (exact) mass is 280 g/mol. The molecule has 1 N–H and O–H groups in total. The van der Waals surface area contributed by atoms with Crippen LogP contribution in [0.5, 0.6) is 0 Å². The molecule has 2 nitrogen and oxygen atoms in total. The summed E-state index contributed by atoms with van der Waals surface area (Å²) in [5.74, 6) is 0.335. The Kier molecular flexibility index (Phi) is 6.60. The van der Waals surface area contributed by atoms with Gasteiger partial charge in [-0.15, -0.1) is 0 Å². The van der Waals surface area contributed by atoms with Gasteiger partial charge in [0.1, 0.15) is 5.82 Å². The summed E-state index contributed by atoms with van der Waals surface area (Å²) < 4.78 is 13.4. The Labute approximate surface area is 123 Å². The van der Waals surface area contributed by atoms with Gasteiger partial charge in [0.2, 0.25) is 0 Å². The average Bonchev–Trinajstić information content (AvgIpc) is 2.32. The van der Waals surface area contributed by atoms with Gasteiger partial charge < -0.3 is 5.32 Å². The molecule has 0 saturated carbocycles. The molecule has 1 rings (SSSR count). The topological polar surface area (TPSA) is 24.9 Å². The standard InChI is InChI=1S/C17H29FN2/c1-6-7-20-16(8-13(2)10-17(3,4)5)14-9-15(18)12-19-11-14/h9,11-13,16,20H,6-8,10H2,1-5H3. The summed E-state index contributed by atoms with van der Waals surface area (Å²) in [6.45, 7) is 12.2. The highest BCUT2D eigenvalue weighted by molar-refractivity contribution is 5.15. The molecule has 0 spiro atoms. The first-order chi connectivity index (χ1) is 9.31. The van der Waals surface area contributed by atoms with Crippen LogP contribution in [0.25, 0.3) is 0 Å². The van der Waals surface area contributed by atoms with Crippen molar-refractivity contribution >= 4 is 0 Å². The van der Waals surface area contributed by atoms with Crippen LogP contribution in [0.2, 0.25) is 0 Å². The summed E-state index contributed by atoms with van der Waals surface area (Å²) in [5, 5.41) is 3.52. The minimum atomic E-state index is -0.255. The van der Waals surface area contributed by atoms with Crippen LogP contribution in [-0.4, -0.2) is 11.5 Å². The van der Waals surface area contributed by atoms with E-state index in [-0.39, 0.29) is 11.9 Å². The quantitative estimate of drug-likeness (QED) is 0.781. The van der Waals surface area contributed by atoms with Crippen LogP contribution >= 0.6 is 0 Å². The average molecular weight is 280 g/mol. The lowest BCUT2D eigenvalue weighted by Crippen LogP contribution is -2.25. The Balaban J connectivity index is 2.74. The fourth-order valence-corrected chi connectivity index (χ4v) is 2.81. The number of aromatic nitrogens is 1. The predicted molar refractivity (Wildman–Crippen MR) is 83.1 cm³/mol. The van der Waals surface area contributed by atoms with Crippen molar-refractivity contribution in [1.29, 1.82) is 0 Å². The Hall–Kier alpha value is -0.960. The van der Waals surface area contributed by atoms with Gasteiger partial charge in [-0.2, -0.15) is 0 Å². The van der Waals surface area contributed by atoms with E-state index in [1.54, 1.807) is 12.3 Å². The molecule has 20 heavy (non-hydrogen) atoms. The summed E-state index contributed by atoms with van der Waals surface area (Å²) in [6, 6.07) is 1.79. The van der Waals surface area contributed by atoms with Crippen molar-refractivity contribution in [3.8, 4) is 0 Å². The maximum atomic E-state index is 13.4. The summed E-state index contributed by atoms with van der Waals surface area (Å²) in [5.41, 5.74) is 1.29. The van der Waals surface area contributed by atoms with Crippen molar-refractivity contribution in [2.45, 2.75) is 59.9 Å². The number of hydrogen-bond donors (Lipinski definition) is 1. The Morgan fingerprint density at radius 1 is 1.30 bits per heavy atom. The van der Waals surface area contributed by atoms with E-state index in [1.165, 1.54) is 12.6 Å². The minimum absolute atomic E-state index is 0.190. The Morgan fingerprint density at radius 3 is 2.55 bits per heavy atom. The van der Waals surface area contributed by atoms with E-state index in [0.717, 1.165) is 24.9 Å². The summed E-state index contributed by atoms with van der Waals surface area (Å²) in [7, 11) is 0. The highest BCUT2D eigenvalue weighted by atomic mass is 19.1. The van der Waals surface area contributed by atoms with E-state index in [2.05, 4.69) is 44.9 Å². The van der Waals surface area contributed by atoms with Gasteiger partial charge in [0.05, 0.1) is 6.20 Å². The van der Waals surface area contributed by atoms with Crippen molar-refractivity contribution in [2.24, 2.45) is 11.3 Å². The molecular formula is C17H29FN2. The van der Waals surface area contributed by atoms with Crippen molar-refractivity contribution in [3.05, 3.63) is 29.8 Å². The van der Waals surface area contributed by atoms with Crippen molar-refractivity contribution < 1.29 is 4.39 Å². The molecule has 2 unspecified atom stereocenters. The highest BCUT2D eigenvalue weighted by Gasteiger charge is 2.20. The number of nitrogens with one attached hydrogen (secondary N) is 1. The van der Waals surface area contributed by atoms with E-state index >= 15 is 0 Å². The first kappa shape index (κ1) is 17.1. The second-order valence-corrected chi connectivity index (χ2v) is 7.05. The van der Waals surface area contributed by atoms with Crippen molar-refractivity contribution in [3.63, 3.8) is 0 Å². The van der Waals surface area contributed by atoms with Crippen LogP contribution in [0.3, 0.4) is 0 Å². The maximum absolute atomic E-state index is 13.4. The van der Waals surface area contributed by atoms with Gasteiger partial charge in [-0.05, 0) is 48.8 Å². The van der Waals surface area contributed by atoms with Crippen LogP contribution in [0.4, 0.5) is 4.39 Å². The van der Waals surface area contributed by atoms with Crippen LogP contribution < -0.4 is 5.32 Å². The second kappa shape index (κ2) is 7.72. The van der Waals surface area contributed by atoms with Crippen LogP contribution in [0, 0.1) is 17.2 Å². The molecular weight excluding hydrogens is 251 g/mol. The number of pyridine rings is 1. The van der Waals surface area contributed by atoms with Gasteiger partial charge in [-0.25, -0.2) is 4.39 Å². The molecule has 1 heterocycles. The van der Waals surface area contributed by atoms with E-state index in [1.807, 2.05) is 0 Å². The highest BCUT2D eigenvalue weighted by Crippen LogP contribution is 2.30. The van der Waals surface area contributed by atoms with Crippen LogP contribution in [0.15, 0.2) is 18.5 Å². The molecule has 0 aromatic carbocycles. The molecule has 0 aliphatic heterocycles. The fraction of sp³-hybridized carbons (Fsp3) is 0.706. The Bertz CT molecular complexity index is 398. The Morgan fingerprint density at radius 2 is 2.00 bits per heavy atom.